The number of nitrogens with zero attached hydrogens (tertiary/aromatic N) is 3. The smallest absolute Gasteiger partial charge is 0.191 e. The van der Waals surface area contributed by atoms with Crippen LogP contribution < -0.4 is 20.1 Å². The summed E-state index contributed by atoms with van der Waals surface area (Å²) in [5.74, 6) is 2.55. The molecular weight excluding hydrogens is 517 g/mol. The average Bonchev–Trinajstić information content (AvgIpc) is 3.21. The summed E-state index contributed by atoms with van der Waals surface area (Å²) >= 11 is 0. The number of aromatic nitrogens is 1. The molecule has 0 saturated carbocycles. The number of aliphatic imine (C=N–C) groups is 1. The number of halogens is 1. The lowest BCUT2D eigenvalue weighted by Crippen LogP contribution is -2.44. The Morgan fingerprint density at radius 3 is 2.62 bits per heavy atom. The van der Waals surface area contributed by atoms with Crippen molar-refractivity contribution in [3.05, 3.63) is 53.3 Å². The van der Waals surface area contributed by atoms with Crippen molar-refractivity contribution in [2.45, 2.75) is 39.3 Å². The molecule has 0 amide bonds. The summed E-state index contributed by atoms with van der Waals surface area (Å²) in [5.41, 5.74) is 3.72. The van der Waals surface area contributed by atoms with E-state index in [-0.39, 0.29) is 24.0 Å². The lowest BCUT2D eigenvalue weighted by atomic mass is 10.1. The molecule has 1 atom stereocenters. The topological polar surface area (TPSA) is 71.0 Å². The van der Waals surface area contributed by atoms with E-state index in [9.17, 15) is 0 Å². The number of aryl methyl sites for hydroxylation is 1. The second kappa shape index (κ2) is 13.5. The summed E-state index contributed by atoms with van der Waals surface area (Å²) in [6.07, 6.45) is 5.77. The summed E-state index contributed by atoms with van der Waals surface area (Å²) in [6.45, 7) is 8.70. The minimum atomic E-state index is 0. The molecule has 2 N–H and O–H groups in total. The highest BCUT2D eigenvalue weighted by atomic mass is 127. The molecule has 0 bridgehead atoms. The first kappa shape index (κ1) is 26.2. The lowest BCUT2D eigenvalue weighted by molar-refractivity contribution is 0.321. The molecule has 7 nitrogen and oxygen atoms in total. The van der Waals surface area contributed by atoms with E-state index in [4.69, 9.17) is 14.5 Å². The molecule has 1 saturated heterocycles. The number of hydrogen-bond acceptors (Lipinski definition) is 5. The molecule has 2 aromatic rings. The van der Waals surface area contributed by atoms with E-state index in [2.05, 4.69) is 52.6 Å². The van der Waals surface area contributed by atoms with Gasteiger partial charge in [-0.3, -0.25) is 14.9 Å². The van der Waals surface area contributed by atoms with E-state index in [0.29, 0.717) is 6.04 Å². The second-order valence-corrected chi connectivity index (χ2v) is 7.90. The Balaban J connectivity index is 0.00000363. The van der Waals surface area contributed by atoms with Crippen LogP contribution in [0.3, 0.4) is 0 Å². The minimum Gasteiger partial charge on any atom is -0.497 e. The van der Waals surface area contributed by atoms with Crippen molar-refractivity contribution in [2.24, 2.45) is 4.99 Å². The van der Waals surface area contributed by atoms with Gasteiger partial charge in [-0.1, -0.05) is 0 Å². The van der Waals surface area contributed by atoms with Crippen molar-refractivity contribution >= 4 is 29.9 Å². The molecule has 2 heterocycles. The maximum Gasteiger partial charge on any atom is 0.191 e. The van der Waals surface area contributed by atoms with Crippen LogP contribution in [0.15, 0.2) is 41.7 Å². The maximum atomic E-state index is 5.40. The van der Waals surface area contributed by atoms with Crippen LogP contribution in [0.4, 0.5) is 0 Å². The number of ether oxygens (including phenoxy) is 2. The number of hydrogen-bond donors (Lipinski definition) is 2. The van der Waals surface area contributed by atoms with Gasteiger partial charge < -0.3 is 20.1 Å². The summed E-state index contributed by atoms with van der Waals surface area (Å²) in [4.78, 5) is 11.4. The Hall–Kier alpha value is -2.07. The Bertz CT molecular complexity index is 855. The molecule has 32 heavy (non-hydrogen) atoms. The number of pyridine rings is 1. The first-order valence-electron chi connectivity index (χ1n) is 11.0. The SMILES string of the molecule is CCNC(=NCCc1ccncc1C)NC1CCN(Cc2cc(OC)cc(OC)c2)C1.I. The Kier molecular flexibility index (Phi) is 11.0. The molecule has 3 rings (SSSR count). The van der Waals surface area contributed by atoms with Crippen molar-refractivity contribution in [3.8, 4) is 11.5 Å². The largest absolute Gasteiger partial charge is 0.497 e. The molecule has 0 spiro atoms. The van der Waals surface area contributed by atoms with Gasteiger partial charge in [0.15, 0.2) is 5.96 Å². The van der Waals surface area contributed by atoms with Gasteiger partial charge in [0.1, 0.15) is 11.5 Å². The highest BCUT2D eigenvalue weighted by Gasteiger charge is 2.23. The highest BCUT2D eigenvalue weighted by Crippen LogP contribution is 2.24. The molecule has 1 aliphatic rings. The van der Waals surface area contributed by atoms with Crippen LogP contribution in [0.25, 0.3) is 0 Å². The molecule has 176 valence electrons. The number of rotatable bonds is 9. The van der Waals surface area contributed by atoms with Crippen LogP contribution in [0.1, 0.15) is 30.0 Å². The maximum absolute atomic E-state index is 5.40. The van der Waals surface area contributed by atoms with Gasteiger partial charge in [0.2, 0.25) is 0 Å². The molecule has 1 aromatic carbocycles. The molecule has 1 aliphatic heterocycles. The first-order valence-corrected chi connectivity index (χ1v) is 11.0. The molecule has 1 unspecified atom stereocenters. The fraction of sp³-hybridized carbons (Fsp3) is 0.500. The Morgan fingerprint density at radius 1 is 1.22 bits per heavy atom. The number of guanidine groups is 1. The third-order valence-corrected chi connectivity index (χ3v) is 5.56. The van der Waals surface area contributed by atoms with Crippen molar-refractivity contribution < 1.29 is 9.47 Å². The standard InChI is InChI=1S/C24H35N5O2.HI/c1-5-26-24(27-10-7-20-6-9-25-15-18(20)2)28-21-8-11-29(17-21)16-19-12-22(30-3)14-23(13-19)31-4;/h6,9,12-15,21H,5,7-8,10-11,16-17H2,1-4H3,(H2,26,27,28);1H. The number of methoxy groups -OCH3 is 2. The van der Waals surface area contributed by atoms with Gasteiger partial charge in [0.05, 0.1) is 14.2 Å². The van der Waals surface area contributed by atoms with Crippen molar-refractivity contribution in [1.82, 2.24) is 20.5 Å². The molecular formula is C24H36IN5O2. The van der Waals surface area contributed by atoms with Crippen LogP contribution in [-0.2, 0) is 13.0 Å². The van der Waals surface area contributed by atoms with Gasteiger partial charge >= 0.3 is 0 Å². The van der Waals surface area contributed by atoms with Crippen LogP contribution in [-0.4, -0.2) is 62.3 Å². The quantitative estimate of drug-likeness (QED) is 0.282. The number of nitrogens with one attached hydrogen (secondary N) is 2. The third kappa shape index (κ3) is 7.81. The number of benzene rings is 1. The second-order valence-electron chi connectivity index (χ2n) is 7.90. The average molecular weight is 553 g/mol. The van der Waals surface area contributed by atoms with E-state index < -0.39 is 0 Å². The van der Waals surface area contributed by atoms with Gasteiger partial charge in [-0.05, 0) is 61.6 Å². The highest BCUT2D eigenvalue weighted by molar-refractivity contribution is 14.0. The summed E-state index contributed by atoms with van der Waals surface area (Å²) in [5, 5.41) is 6.99. The van der Waals surface area contributed by atoms with E-state index in [1.807, 2.05) is 18.5 Å². The summed E-state index contributed by atoms with van der Waals surface area (Å²) < 4.78 is 10.8. The zero-order valence-corrected chi connectivity index (χ0v) is 21.9. The van der Waals surface area contributed by atoms with Crippen molar-refractivity contribution in [1.29, 1.82) is 0 Å². The van der Waals surface area contributed by atoms with E-state index >= 15 is 0 Å². The van der Waals surface area contributed by atoms with Crippen molar-refractivity contribution in [2.75, 3.05) is 40.4 Å². The zero-order chi connectivity index (χ0) is 22.1. The third-order valence-electron chi connectivity index (χ3n) is 5.56. The molecule has 1 aromatic heterocycles. The minimum absolute atomic E-state index is 0. The van der Waals surface area contributed by atoms with Crippen LogP contribution in [0, 0.1) is 6.92 Å². The van der Waals surface area contributed by atoms with Gasteiger partial charge in [-0.15, -0.1) is 24.0 Å². The molecule has 0 aliphatic carbocycles. The van der Waals surface area contributed by atoms with E-state index in [0.717, 1.165) is 63.0 Å². The normalized spacial score (nSPS) is 16.4. The van der Waals surface area contributed by atoms with Crippen LogP contribution >= 0.6 is 24.0 Å². The van der Waals surface area contributed by atoms with Crippen LogP contribution in [0.2, 0.25) is 0 Å². The molecule has 1 fully saturated rings. The Labute approximate surface area is 209 Å². The molecule has 8 heteroatoms. The zero-order valence-electron chi connectivity index (χ0n) is 19.6. The van der Waals surface area contributed by atoms with E-state index in [1.54, 1.807) is 14.2 Å². The van der Waals surface area contributed by atoms with Gasteiger partial charge in [-0.25, -0.2) is 0 Å². The summed E-state index contributed by atoms with van der Waals surface area (Å²) in [6, 6.07) is 8.53. The fourth-order valence-corrected chi connectivity index (χ4v) is 3.89. The predicted molar refractivity (Wildman–Crippen MR) is 140 cm³/mol. The monoisotopic (exact) mass is 553 g/mol. The first-order chi connectivity index (χ1) is 15.1. The van der Waals surface area contributed by atoms with Gasteiger partial charge in [-0.2, -0.15) is 0 Å². The van der Waals surface area contributed by atoms with Crippen molar-refractivity contribution in [3.63, 3.8) is 0 Å². The van der Waals surface area contributed by atoms with E-state index in [1.165, 1.54) is 16.7 Å². The van der Waals surface area contributed by atoms with Crippen LogP contribution in [0.5, 0.6) is 11.5 Å². The van der Waals surface area contributed by atoms with Gasteiger partial charge in [0.25, 0.3) is 0 Å². The molecule has 0 radical (unpaired) electrons. The summed E-state index contributed by atoms with van der Waals surface area (Å²) in [7, 11) is 3.37. The Morgan fingerprint density at radius 2 is 1.97 bits per heavy atom. The number of likely N-dealkylation sites (tertiary alicyclic amines) is 1. The predicted octanol–water partition coefficient (Wildman–Crippen LogP) is 3.40. The lowest BCUT2D eigenvalue weighted by Gasteiger charge is -2.19. The fourth-order valence-electron chi connectivity index (χ4n) is 3.89. The van der Waals surface area contributed by atoms with Gasteiger partial charge in [0, 0.05) is 57.2 Å².